The second-order valence-electron chi connectivity index (χ2n) is 4.63. The quantitative estimate of drug-likeness (QED) is 0.779. The molecule has 2 heteroatoms. The largest absolute Gasteiger partial charge is 0.373 e. The minimum Gasteiger partial charge on any atom is -0.373 e. The smallest absolute Gasteiger partial charge is 0.138 e. The summed E-state index contributed by atoms with van der Waals surface area (Å²) in [6.07, 6.45) is 1.44. The molecule has 1 aliphatic rings. The first-order chi connectivity index (χ1) is 7.68. The summed E-state index contributed by atoms with van der Waals surface area (Å²) in [7, 11) is 0. The molecule has 1 heterocycles. The van der Waals surface area contributed by atoms with Crippen LogP contribution in [-0.2, 0) is 16.0 Å². The predicted molar refractivity (Wildman–Crippen MR) is 63.3 cm³/mol. The summed E-state index contributed by atoms with van der Waals surface area (Å²) < 4.78 is 5.70. The highest BCUT2D eigenvalue weighted by Gasteiger charge is 2.23. The molecule has 0 saturated carbocycles. The molecule has 2 nitrogen and oxygen atoms in total. The zero-order valence-electron chi connectivity index (χ0n) is 9.90. The number of ketones is 1. The Morgan fingerprint density at radius 3 is 2.94 bits per heavy atom. The van der Waals surface area contributed by atoms with Crippen molar-refractivity contribution in [3.05, 3.63) is 35.4 Å². The minimum atomic E-state index is -0.0279. The highest BCUT2D eigenvalue weighted by Crippen LogP contribution is 2.30. The normalized spacial score (nSPS) is 19.6. The monoisotopic (exact) mass is 218 g/mol. The van der Waals surface area contributed by atoms with Crippen LogP contribution in [0.3, 0.4) is 0 Å². The molecular formula is C14H18O2. The fourth-order valence-corrected chi connectivity index (χ4v) is 2.06. The SMILES string of the molecule is CC(C)C(=O)CC1OCCc2ccccc21. The lowest BCUT2D eigenvalue weighted by molar-refractivity contribution is -0.125. The van der Waals surface area contributed by atoms with E-state index in [1.54, 1.807) is 0 Å². The molecule has 0 bridgehead atoms. The van der Waals surface area contributed by atoms with E-state index in [0.717, 1.165) is 13.0 Å². The summed E-state index contributed by atoms with van der Waals surface area (Å²) in [6.45, 7) is 4.61. The molecule has 1 aliphatic heterocycles. The maximum Gasteiger partial charge on any atom is 0.138 e. The van der Waals surface area contributed by atoms with Gasteiger partial charge in [0.2, 0.25) is 0 Å². The van der Waals surface area contributed by atoms with Gasteiger partial charge in [0.25, 0.3) is 0 Å². The van der Waals surface area contributed by atoms with Gasteiger partial charge in [0.15, 0.2) is 0 Å². The van der Waals surface area contributed by atoms with E-state index < -0.39 is 0 Å². The van der Waals surface area contributed by atoms with E-state index in [1.165, 1.54) is 11.1 Å². The van der Waals surface area contributed by atoms with Crippen molar-refractivity contribution in [3.63, 3.8) is 0 Å². The molecule has 0 amide bonds. The molecule has 0 N–H and O–H groups in total. The third-order valence-electron chi connectivity index (χ3n) is 3.12. The van der Waals surface area contributed by atoms with Crippen molar-refractivity contribution in [1.29, 1.82) is 0 Å². The number of carbonyl (C=O) groups excluding carboxylic acids is 1. The fraction of sp³-hybridized carbons (Fsp3) is 0.500. The number of hydrogen-bond donors (Lipinski definition) is 0. The number of hydrogen-bond acceptors (Lipinski definition) is 2. The molecule has 0 aliphatic carbocycles. The Kier molecular flexibility index (Phi) is 3.39. The highest BCUT2D eigenvalue weighted by atomic mass is 16.5. The van der Waals surface area contributed by atoms with E-state index in [0.29, 0.717) is 6.42 Å². The van der Waals surface area contributed by atoms with Crippen molar-refractivity contribution >= 4 is 5.78 Å². The summed E-state index contributed by atoms with van der Waals surface area (Å²) >= 11 is 0. The Morgan fingerprint density at radius 2 is 2.19 bits per heavy atom. The third-order valence-corrected chi connectivity index (χ3v) is 3.12. The highest BCUT2D eigenvalue weighted by molar-refractivity contribution is 5.81. The molecule has 1 aromatic rings. The van der Waals surface area contributed by atoms with Crippen LogP contribution in [0, 0.1) is 5.92 Å². The van der Waals surface area contributed by atoms with Gasteiger partial charge >= 0.3 is 0 Å². The second kappa shape index (κ2) is 4.79. The number of Topliss-reactive ketones (excluding diaryl/α,β-unsaturated/α-hetero) is 1. The number of fused-ring (bicyclic) bond motifs is 1. The van der Waals surface area contributed by atoms with E-state index in [4.69, 9.17) is 4.74 Å². The third kappa shape index (κ3) is 2.33. The molecule has 16 heavy (non-hydrogen) atoms. The van der Waals surface area contributed by atoms with Gasteiger partial charge in [0.05, 0.1) is 12.7 Å². The van der Waals surface area contributed by atoms with Crippen LogP contribution in [0.15, 0.2) is 24.3 Å². The first-order valence-electron chi connectivity index (χ1n) is 5.90. The van der Waals surface area contributed by atoms with E-state index >= 15 is 0 Å². The average Bonchev–Trinajstić information content (AvgIpc) is 2.29. The Balaban J connectivity index is 2.16. The molecular weight excluding hydrogens is 200 g/mol. The summed E-state index contributed by atoms with van der Waals surface area (Å²) in [5, 5.41) is 0. The van der Waals surface area contributed by atoms with Gasteiger partial charge < -0.3 is 4.74 Å². The summed E-state index contributed by atoms with van der Waals surface area (Å²) in [5.41, 5.74) is 2.53. The lowest BCUT2D eigenvalue weighted by Crippen LogP contribution is -2.20. The van der Waals surface area contributed by atoms with Gasteiger partial charge in [-0.25, -0.2) is 0 Å². The van der Waals surface area contributed by atoms with Crippen molar-refractivity contribution in [3.8, 4) is 0 Å². The van der Waals surface area contributed by atoms with E-state index in [-0.39, 0.29) is 17.8 Å². The van der Waals surface area contributed by atoms with Crippen LogP contribution in [0.1, 0.15) is 37.5 Å². The first-order valence-corrected chi connectivity index (χ1v) is 5.90. The van der Waals surface area contributed by atoms with Crippen LogP contribution in [0.4, 0.5) is 0 Å². The molecule has 2 rings (SSSR count). The van der Waals surface area contributed by atoms with Crippen molar-refractivity contribution in [2.45, 2.75) is 32.8 Å². The van der Waals surface area contributed by atoms with E-state index in [2.05, 4.69) is 12.1 Å². The molecule has 1 atom stereocenters. The van der Waals surface area contributed by atoms with Crippen LogP contribution >= 0.6 is 0 Å². The van der Waals surface area contributed by atoms with Gasteiger partial charge in [-0.3, -0.25) is 4.79 Å². The zero-order chi connectivity index (χ0) is 11.5. The lowest BCUT2D eigenvalue weighted by Gasteiger charge is -2.26. The second-order valence-corrected chi connectivity index (χ2v) is 4.63. The van der Waals surface area contributed by atoms with Crippen LogP contribution in [0.2, 0.25) is 0 Å². The van der Waals surface area contributed by atoms with Crippen molar-refractivity contribution in [2.75, 3.05) is 6.61 Å². The van der Waals surface area contributed by atoms with Gasteiger partial charge in [0, 0.05) is 12.3 Å². The number of ether oxygens (including phenoxy) is 1. The van der Waals surface area contributed by atoms with Crippen LogP contribution in [0.5, 0.6) is 0 Å². The van der Waals surface area contributed by atoms with Gasteiger partial charge in [-0.1, -0.05) is 38.1 Å². The molecule has 0 aromatic heterocycles. The number of benzene rings is 1. The van der Waals surface area contributed by atoms with Crippen molar-refractivity contribution in [2.24, 2.45) is 5.92 Å². The van der Waals surface area contributed by atoms with Crippen LogP contribution < -0.4 is 0 Å². The molecule has 0 fully saturated rings. The zero-order valence-corrected chi connectivity index (χ0v) is 9.90. The Bertz CT molecular complexity index is 382. The van der Waals surface area contributed by atoms with E-state index in [1.807, 2.05) is 26.0 Å². The topological polar surface area (TPSA) is 26.3 Å². The first kappa shape index (κ1) is 11.3. The lowest BCUT2D eigenvalue weighted by atomic mass is 9.92. The number of carbonyl (C=O) groups is 1. The Labute approximate surface area is 96.6 Å². The fourth-order valence-electron chi connectivity index (χ4n) is 2.06. The number of rotatable bonds is 3. The Morgan fingerprint density at radius 1 is 1.44 bits per heavy atom. The van der Waals surface area contributed by atoms with Crippen molar-refractivity contribution < 1.29 is 9.53 Å². The van der Waals surface area contributed by atoms with Gasteiger partial charge in [-0.2, -0.15) is 0 Å². The van der Waals surface area contributed by atoms with Crippen molar-refractivity contribution in [1.82, 2.24) is 0 Å². The molecule has 1 unspecified atom stereocenters. The minimum absolute atomic E-state index is 0.0279. The Hall–Kier alpha value is -1.15. The molecule has 0 spiro atoms. The van der Waals surface area contributed by atoms with Crippen LogP contribution in [0.25, 0.3) is 0 Å². The maximum atomic E-state index is 11.7. The van der Waals surface area contributed by atoms with Gasteiger partial charge in [-0.05, 0) is 17.5 Å². The summed E-state index contributed by atoms with van der Waals surface area (Å²) in [5.74, 6) is 0.374. The predicted octanol–water partition coefficient (Wildman–Crippen LogP) is 2.92. The molecule has 1 aromatic carbocycles. The molecule has 0 saturated heterocycles. The molecule has 0 radical (unpaired) electrons. The van der Waals surface area contributed by atoms with E-state index in [9.17, 15) is 4.79 Å². The van der Waals surface area contributed by atoms with Crippen LogP contribution in [-0.4, -0.2) is 12.4 Å². The maximum absolute atomic E-state index is 11.7. The molecule has 86 valence electrons. The van der Waals surface area contributed by atoms with Gasteiger partial charge in [0.1, 0.15) is 5.78 Å². The average molecular weight is 218 g/mol. The standard InChI is InChI=1S/C14H18O2/c1-10(2)13(15)9-14-12-6-4-3-5-11(12)7-8-16-14/h3-6,10,14H,7-9H2,1-2H3. The summed E-state index contributed by atoms with van der Waals surface area (Å²) in [4.78, 5) is 11.7. The summed E-state index contributed by atoms with van der Waals surface area (Å²) in [6, 6.07) is 8.27. The van der Waals surface area contributed by atoms with Gasteiger partial charge in [-0.15, -0.1) is 0 Å².